The average Bonchev–Trinajstić information content (AvgIpc) is 2.92. The first-order valence-electron chi connectivity index (χ1n) is 7.55. The number of hydrogen-bond donors (Lipinski definition) is 0. The summed E-state index contributed by atoms with van der Waals surface area (Å²) in [5.74, 6) is -0.330. The molecule has 2 aliphatic heterocycles. The van der Waals surface area contributed by atoms with Gasteiger partial charge in [0, 0.05) is 13.7 Å². The zero-order valence-corrected chi connectivity index (χ0v) is 13.0. The topological polar surface area (TPSA) is 59.1 Å². The van der Waals surface area contributed by atoms with Crippen LogP contribution in [-0.4, -0.2) is 61.7 Å². The van der Waals surface area contributed by atoms with Gasteiger partial charge in [0.1, 0.15) is 24.7 Å². The molecule has 6 nitrogen and oxygen atoms in total. The second kappa shape index (κ2) is 6.54. The van der Waals surface area contributed by atoms with E-state index in [1.54, 1.807) is 18.1 Å². The second-order valence-electron chi connectivity index (χ2n) is 5.79. The van der Waals surface area contributed by atoms with Crippen molar-refractivity contribution in [2.24, 2.45) is 5.92 Å². The fraction of sp³-hybridized carbons (Fsp3) is 0.500. The van der Waals surface area contributed by atoms with Crippen LogP contribution in [0.3, 0.4) is 0 Å². The van der Waals surface area contributed by atoms with E-state index in [-0.39, 0.29) is 43.4 Å². The van der Waals surface area contributed by atoms with Crippen LogP contribution in [-0.2, 0) is 20.7 Å². The molecule has 124 valence electrons. The standard InChI is InChI=1S/C16H19FN2O4/c1-22-5-4-18-10-19(8-15(18)20)16(21)12-6-11-7-13(17)2-3-14(11)23-9-12/h2-3,7,12H,4-6,8-10H2,1H3. The van der Waals surface area contributed by atoms with Crippen molar-refractivity contribution >= 4 is 11.8 Å². The Morgan fingerprint density at radius 3 is 3.09 bits per heavy atom. The second-order valence-corrected chi connectivity index (χ2v) is 5.79. The molecule has 0 bridgehead atoms. The van der Waals surface area contributed by atoms with Gasteiger partial charge in [-0.25, -0.2) is 4.39 Å². The first kappa shape index (κ1) is 15.7. The van der Waals surface area contributed by atoms with E-state index in [1.165, 1.54) is 17.0 Å². The van der Waals surface area contributed by atoms with Gasteiger partial charge < -0.3 is 19.3 Å². The molecule has 2 amide bonds. The highest BCUT2D eigenvalue weighted by atomic mass is 19.1. The summed E-state index contributed by atoms with van der Waals surface area (Å²) in [6.45, 7) is 1.50. The number of fused-ring (bicyclic) bond motifs is 1. The number of hydrogen-bond acceptors (Lipinski definition) is 4. The van der Waals surface area contributed by atoms with Gasteiger partial charge in [-0.15, -0.1) is 0 Å². The van der Waals surface area contributed by atoms with Gasteiger partial charge in [-0.2, -0.15) is 0 Å². The molecule has 1 saturated heterocycles. The van der Waals surface area contributed by atoms with Crippen LogP contribution < -0.4 is 4.74 Å². The summed E-state index contributed by atoms with van der Waals surface area (Å²) in [4.78, 5) is 27.6. The molecule has 0 aliphatic carbocycles. The highest BCUT2D eigenvalue weighted by molar-refractivity contribution is 5.89. The van der Waals surface area contributed by atoms with Crippen molar-refractivity contribution in [2.45, 2.75) is 6.42 Å². The molecule has 0 aromatic heterocycles. The molecule has 0 N–H and O–H groups in total. The smallest absolute Gasteiger partial charge is 0.243 e. The molecular weight excluding hydrogens is 303 g/mol. The lowest BCUT2D eigenvalue weighted by Gasteiger charge is -2.27. The van der Waals surface area contributed by atoms with Crippen LogP contribution in [0, 0.1) is 11.7 Å². The van der Waals surface area contributed by atoms with E-state index >= 15 is 0 Å². The zero-order chi connectivity index (χ0) is 16.4. The Labute approximate surface area is 133 Å². The molecule has 1 unspecified atom stereocenters. The summed E-state index contributed by atoms with van der Waals surface area (Å²) in [6.07, 6.45) is 0.425. The predicted octanol–water partition coefficient (Wildman–Crippen LogP) is 0.651. The van der Waals surface area contributed by atoms with Crippen molar-refractivity contribution in [1.82, 2.24) is 9.80 Å². The first-order chi connectivity index (χ1) is 11.1. The molecule has 7 heteroatoms. The van der Waals surface area contributed by atoms with Gasteiger partial charge in [0.2, 0.25) is 11.8 Å². The van der Waals surface area contributed by atoms with E-state index in [0.29, 0.717) is 30.9 Å². The lowest BCUT2D eigenvalue weighted by molar-refractivity contribution is -0.137. The van der Waals surface area contributed by atoms with Crippen LogP contribution in [0.1, 0.15) is 5.56 Å². The number of halogens is 1. The van der Waals surface area contributed by atoms with Crippen LogP contribution in [0.2, 0.25) is 0 Å². The monoisotopic (exact) mass is 322 g/mol. The maximum absolute atomic E-state index is 13.3. The van der Waals surface area contributed by atoms with Crippen LogP contribution in [0.5, 0.6) is 5.75 Å². The molecule has 23 heavy (non-hydrogen) atoms. The van der Waals surface area contributed by atoms with Gasteiger partial charge in [-0.1, -0.05) is 0 Å². The fourth-order valence-electron chi connectivity index (χ4n) is 2.92. The van der Waals surface area contributed by atoms with E-state index in [0.717, 1.165) is 0 Å². The van der Waals surface area contributed by atoms with Crippen molar-refractivity contribution in [3.63, 3.8) is 0 Å². The molecule has 1 aromatic rings. The largest absolute Gasteiger partial charge is 0.492 e. The maximum atomic E-state index is 13.3. The van der Waals surface area contributed by atoms with Gasteiger partial charge in [-0.3, -0.25) is 9.59 Å². The van der Waals surface area contributed by atoms with Gasteiger partial charge in [-0.05, 0) is 30.2 Å². The fourth-order valence-corrected chi connectivity index (χ4v) is 2.92. The molecule has 2 aliphatic rings. The summed E-state index contributed by atoms with van der Waals surface area (Å²) < 4.78 is 23.8. The van der Waals surface area contributed by atoms with Crippen molar-refractivity contribution < 1.29 is 23.5 Å². The van der Waals surface area contributed by atoms with E-state index in [4.69, 9.17) is 9.47 Å². The molecule has 2 heterocycles. The van der Waals surface area contributed by atoms with Gasteiger partial charge in [0.15, 0.2) is 0 Å². The molecule has 1 aromatic carbocycles. The number of ether oxygens (including phenoxy) is 2. The van der Waals surface area contributed by atoms with E-state index < -0.39 is 0 Å². The predicted molar refractivity (Wildman–Crippen MR) is 79.3 cm³/mol. The molecule has 1 fully saturated rings. The van der Waals surface area contributed by atoms with Gasteiger partial charge in [0.05, 0.1) is 19.2 Å². The molecule has 1 atom stereocenters. The number of amides is 2. The minimum absolute atomic E-state index is 0.0784. The third-order valence-corrected chi connectivity index (χ3v) is 4.18. The molecule has 0 saturated carbocycles. The van der Waals surface area contributed by atoms with Crippen molar-refractivity contribution in [1.29, 1.82) is 0 Å². The number of carbonyl (C=O) groups excluding carboxylic acids is 2. The number of carbonyl (C=O) groups is 2. The minimum Gasteiger partial charge on any atom is -0.492 e. The Bertz CT molecular complexity index is 622. The summed E-state index contributed by atoms with van der Waals surface area (Å²) in [6, 6.07) is 4.32. The lowest BCUT2D eigenvalue weighted by Crippen LogP contribution is -2.40. The third kappa shape index (κ3) is 3.29. The number of rotatable bonds is 4. The Morgan fingerprint density at radius 2 is 2.30 bits per heavy atom. The molecule has 0 radical (unpaired) electrons. The van der Waals surface area contributed by atoms with Crippen LogP contribution in [0.15, 0.2) is 18.2 Å². The van der Waals surface area contributed by atoms with E-state index in [1.807, 2.05) is 0 Å². The Kier molecular flexibility index (Phi) is 4.47. The highest BCUT2D eigenvalue weighted by Gasteiger charge is 2.36. The van der Waals surface area contributed by atoms with Crippen molar-refractivity contribution in [3.8, 4) is 5.75 Å². The first-order valence-corrected chi connectivity index (χ1v) is 7.55. The molecule has 3 rings (SSSR count). The van der Waals surface area contributed by atoms with Crippen LogP contribution in [0.4, 0.5) is 4.39 Å². The Morgan fingerprint density at radius 1 is 1.48 bits per heavy atom. The quantitative estimate of drug-likeness (QED) is 0.817. The molecule has 0 spiro atoms. The number of methoxy groups -OCH3 is 1. The van der Waals surface area contributed by atoms with Gasteiger partial charge >= 0.3 is 0 Å². The van der Waals surface area contributed by atoms with E-state index in [9.17, 15) is 14.0 Å². The summed E-state index contributed by atoms with van der Waals surface area (Å²) in [7, 11) is 1.57. The van der Waals surface area contributed by atoms with Crippen molar-refractivity contribution in [2.75, 3.05) is 40.1 Å². The number of benzene rings is 1. The highest BCUT2D eigenvalue weighted by Crippen LogP contribution is 2.29. The molecular formula is C16H19FN2O4. The summed E-state index contributed by atoms with van der Waals surface area (Å²) in [5.41, 5.74) is 0.691. The SMILES string of the molecule is COCCN1CN(C(=O)C2COc3ccc(F)cc3C2)CC1=O. The number of nitrogens with zero attached hydrogens (tertiary/aromatic N) is 2. The maximum Gasteiger partial charge on any atom is 0.243 e. The minimum atomic E-state index is -0.389. The summed E-state index contributed by atoms with van der Waals surface area (Å²) >= 11 is 0. The Hall–Kier alpha value is -2.15. The van der Waals surface area contributed by atoms with Crippen LogP contribution >= 0.6 is 0 Å². The van der Waals surface area contributed by atoms with Crippen molar-refractivity contribution in [3.05, 3.63) is 29.6 Å². The average molecular weight is 322 g/mol. The van der Waals surface area contributed by atoms with E-state index in [2.05, 4.69) is 0 Å². The van der Waals surface area contributed by atoms with Gasteiger partial charge in [0.25, 0.3) is 0 Å². The lowest BCUT2D eigenvalue weighted by atomic mass is 9.95. The Balaban J connectivity index is 1.64. The summed E-state index contributed by atoms with van der Waals surface area (Å²) in [5, 5.41) is 0. The normalized spacial score (nSPS) is 20.4. The van der Waals surface area contributed by atoms with Crippen LogP contribution in [0.25, 0.3) is 0 Å². The third-order valence-electron chi connectivity index (χ3n) is 4.18. The zero-order valence-electron chi connectivity index (χ0n) is 13.0.